The fourth-order valence-corrected chi connectivity index (χ4v) is 1.95. The van der Waals surface area contributed by atoms with Gasteiger partial charge < -0.3 is 19.5 Å². The van der Waals surface area contributed by atoms with Crippen LogP contribution < -0.4 is 14.4 Å². The van der Waals surface area contributed by atoms with Gasteiger partial charge in [-0.25, -0.2) is 9.97 Å². The van der Waals surface area contributed by atoms with Gasteiger partial charge in [0.1, 0.15) is 18.7 Å². The summed E-state index contributed by atoms with van der Waals surface area (Å²) in [5.41, 5.74) is 0.657. The number of hydrogen-bond acceptors (Lipinski definition) is 6. The van der Waals surface area contributed by atoms with E-state index < -0.39 is 5.97 Å². The molecule has 1 N–H and O–H groups in total. The van der Waals surface area contributed by atoms with Crippen LogP contribution in [0.15, 0.2) is 18.5 Å². The summed E-state index contributed by atoms with van der Waals surface area (Å²) in [7, 11) is 4.74. The van der Waals surface area contributed by atoms with E-state index in [0.717, 1.165) is 0 Å². The number of anilines is 1. The number of hydrogen-bond donors (Lipinski definition) is 1. The Morgan fingerprint density at radius 1 is 1.25 bits per heavy atom. The molecular weight excluding hydrogens is 262 g/mol. The molecule has 7 nitrogen and oxygen atoms in total. The molecule has 7 heteroatoms. The minimum Gasteiger partial charge on any atom is -0.493 e. The van der Waals surface area contributed by atoms with Crippen molar-refractivity contribution in [2.75, 3.05) is 32.7 Å². The van der Waals surface area contributed by atoms with Crippen molar-refractivity contribution in [3.05, 3.63) is 18.5 Å². The zero-order valence-corrected chi connectivity index (χ0v) is 11.5. The Morgan fingerprint density at radius 2 is 1.90 bits per heavy atom. The predicted molar refractivity (Wildman–Crippen MR) is 73.5 cm³/mol. The van der Waals surface area contributed by atoms with Gasteiger partial charge in [-0.2, -0.15) is 0 Å². The normalized spacial score (nSPS) is 10.3. The van der Waals surface area contributed by atoms with E-state index in [9.17, 15) is 4.79 Å². The number of aliphatic carboxylic acids is 1. The van der Waals surface area contributed by atoms with Crippen LogP contribution in [0, 0.1) is 0 Å². The van der Waals surface area contributed by atoms with Gasteiger partial charge >= 0.3 is 5.97 Å². The standard InChI is InChI=1S/C13H15N3O4/c1-16(6-12(17)18)13-8-4-10(19-2)11(20-3)5-9(8)14-7-15-13/h4-5,7H,6H2,1-3H3,(H,17,18). The van der Waals surface area contributed by atoms with Crippen molar-refractivity contribution < 1.29 is 19.4 Å². The molecule has 0 amide bonds. The Hall–Kier alpha value is -2.57. The number of fused-ring (bicyclic) bond motifs is 1. The molecule has 0 radical (unpaired) electrons. The Balaban J connectivity index is 2.58. The molecule has 2 aromatic rings. The van der Waals surface area contributed by atoms with E-state index in [1.54, 1.807) is 26.3 Å². The first-order valence-corrected chi connectivity index (χ1v) is 5.86. The zero-order valence-electron chi connectivity index (χ0n) is 11.5. The van der Waals surface area contributed by atoms with Gasteiger partial charge in [-0.05, 0) is 6.07 Å². The second-order valence-corrected chi connectivity index (χ2v) is 4.17. The lowest BCUT2D eigenvalue weighted by atomic mass is 10.2. The van der Waals surface area contributed by atoms with Gasteiger partial charge in [0.25, 0.3) is 0 Å². The molecule has 0 atom stereocenters. The van der Waals surface area contributed by atoms with E-state index in [1.165, 1.54) is 18.3 Å². The van der Waals surface area contributed by atoms with Crippen LogP contribution in [-0.4, -0.2) is 48.9 Å². The third-order valence-electron chi connectivity index (χ3n) is 2.85. The van der Waals surface area contributed by atoms with Crippen LogP contribution in [0.5, 0.6) is 11.5 Å². The topological polar surface area (TPSA) is 84.8 Å². The summed E-state index contributed by atoms with van der Waals surface area (Å²) in [6.07, 6.45) is 1.39. The number of carbonyl (C=O) groups is 1. The van der Waals surface area contributed by atoms with Crippen molar-refractivity contribution in [2.45, 2.75) is 0 Å². The molecule has 106 valence electrons. The maximum absolute atomic E-state index is 10.8. The molecule has 0 unspecified atom stereocenters. The fourth-order valence-electron chi connectivity index (χ4n) is 1.95. The molecule has 1 aromatic carbocycles. The molecule has 0 bridgehead atoms. The average molecular weight is 277 g/mol. The summed E-state index contributed by atoms with van der Waals surface area (Å²) < 4.78 is 10.5. The van der Waals surface area contributed by atoms with Crippen molar-refractivity contribution in [2.24, 2.45) is 0 Å². The van der Waals surface area contributed by atoms with Crippen LogP contribution in [0.2, 0.25) is 0 Å². The Bertz CT molecular complexity index is 645. The highest BCUT2D eigenvalue weighted by molar-refractivity contribution is 5.92. The van der Waals surface area contributed by atoms with Gasteiger partial charge in [0.15, 0.2) is 11.5 Å². The van der Waals surface area contributed by atoms with Gasteiger partial charge in [-0.15, -0.1) is 0 Å². The van der Waals surface area contributed by atoms with Crippen molar-refractivity contribution in [1.29, 1.82) is 0 Å². The van der Waals surface area contributed by atoms with Crippen molar-refractivity contribution in [1.82, 2.24) is 9.97 Å². The van der Waals surface area contributed by atoms with Crippen LogP contribution in [0.1, 0.15) is 0 Å². The van der Waals surface area contributed by atoms with Crippen molar-refractivity contribution >= 4 is 22.7 Å². The predicted octanol–water partition coefficient (Wildman–Crippen LogP) is 1.17. The zero-order chi connectivity index (χ0) is 14.7. The van der Waals surface area contributed by atoms with E-state index in [2.05, 4.69) is 9.97 Å². The average Bonchev–Trinajstić information content (AvgIpc) is 2.44. The van der Waals surface area contributed by atoms with Gasteiger partial charge in [0.05, 0.1) is 19.7 Å². The van der Waals surface area contributed by atoms with Gasteiger partial charge in [-0.3, -0.25) is 4.79 Å². The molecule has 0 aliphatic carbocycles. The smallest absolute Gasteiger partial charge is 0.323 e. The first-order chi connectivity index (χ1) is 9.56. The van der Waals surface area contributed by atoms with Gasteiger partial charge in [0, 0.05) is 18.5 Å². The van der Waals surface area contributed by atoms with Crippen LogP contribution in [0.3, 0.4) is 0 Å². The van der Waals surface area contributed by atoms with E-state index in [-0.39, 0.29) is 6.54 Å². The van der Waals surface area contributed by atoms with Crippen LogP contribution >= 0.6 is 0 Å². The van der Waals surface area contributed by atoms with Gasteiger partial charge in [0.2, 0.25) is 0 Å². The second kappa shape index (κ2) is 5.60. The third kappa shape index (κ3) is 2.56. The van der Waals surface area contributed by atoms with E-state index >= 15 is 0 Å². The van der Waals surface area contributed by atoms with E-state index in [1.807, 2.05) is 0 Å². The molecule has 0 spiro atoms. The van der Waals surface area contributed by atoms with Crippen LogP contribution in [-0.2, 0) is 4.79 Å². The summed E-state index contributed by atoms with van der Waals surface area (Å²) in [5, 5.41) is 9.57. The fraction of sp³-hybridized carbons (Fsp3) is 0.308. The molecule has 1 aromatic heterocycles. The highest BCUT2D eigenvalue weighted by Gasteiger charge is 2.14. The molecule has 1 heterocycles. The lowest BCUT2D eigenvalue weighted by molar-refractivity contribution is -0.135. The number of ether oxygens (including phenoxy) is 2. The van der Waals surface area contributed by atoms with E-state index in [0.29, 0.717) is 28.2 Å². The van der Waals surface area contributed by atoms with Crippen LogP contribution in [0.25, 0.3) is 10.9 Å². The molecule has 0 aliphatic rings. The maximum atomic E-state index is 10.8. The monoisotopic (exact) mass is 277 g/mol. The second-order valence-electron chi connectivity index (χ2n) is 4.17. The van der Waals surface area contributed by atoms with Gasteiger partial charge in [-0.1, -0.05) is 0 Å². The number of aromatic nitrogens is 2. The number of rotatable bonds is 5. The largest absolute Gasteiger partial charge is 0.493 e. The SMILES string of the molecule is COc1cc2ncnc(N(C)CC(=O)O)c2cc1OC. The highest BCUT2D eigenvalue weighted by atomic mass is 16.5. The highest BCUT2D eigenvalue weighted by Crippen LogP contribution is 2.34. The quantitative estimate of drug-likeness (QED) is 0.878. The third-order valence-corrected chi connectivity index (χ3v) is 2.85. The molecule has 0 saturated carbocycles. The maximum Gasteiger partial charge on any atom is 0.323 e. The summed E-state index contributed by atoms with van der Waals surface area (Å²) in [5.74, 6) is 0.698. The number of carboxylic acid groups (broad SMARTS) is 1. The Morgan fingerprint density at radius 3 is 2.50 bits per heavy atom. The Labute approximate surface area is 115 Å². The van der Waals surface area contributed by atoms with Crippen LogP contribution in [0.4, 0.5) is 5.82 Å². The lowest BCUT2D eigenvalue weighted by Crippen LogP contribution is -2.26. The number of nitrogens with zero attached hydrogens (tertiary/aromatic N) is 3. The number of methoxy groups -OCH3 is 2. The lowest BCUT2D eigenvalue weighted by Gasteiger charge is -2.18. The minimum absolute atomic E-state index is 0.152. The number of benzene rings is 1. The minimum atomic E-state index is -0.931. The first-order valence-electron chi connectivity index (χ1n) is 5.86. The molecule has 2 rings (SSSR count). The molecule has 0 fully saturated rings. The number of carboxylic acids is 1. The Kier molecular flexibility index (Phi) is 3.88. The summed E-state index contributed by atoms with van der Waals surface area (Å²) in [6.45, 7) is -0.152. The van der Waals surface area contributed by atoms with Crippen molar-refractivity contribution in [3.63, 3.8) is 0 Å². The molecule has 0 saturated heterocycles. The molecule has 20 heavy (non-hydrogen) atoms. The summed E-state index contributed by atoms with van der Waals surface area (Å²) in [6, 6.07) is 3.47. The first kappa shape index (κ1) is 13.9. The molecule has 0 aliphatic heterocycles. The summed E-state index contributed by atoms with van der Waals surface area (Å²) >= 11 is 0. The van der Waals surface area contributed by atoms with Crippen molar-refractivity contribution in [3.8, 4) is 11.5 Å². The number of likely N-dealkylation sites (N-methyl/N-ethyl adjacent to an activating group) is 1. The molecular formula is C13H15N3O4. The van der Waals surface area contributed by atoms with E-state index in [4.69, 9.17) is 14.6 Å². The summed E-state index contributed by atoms with van der Waals surface area (Å²) in [4.78, 5) is 20.7.